The van der Waals surface area contributed by atoms with Gasteiger partial charge in [-0.1, -0.05) is 6.07 Å². The molecule has 0 saturated carbocycles. The quantitative estimate of drug-likeness (QED) is 0.247. The van der Waals surface area contributed by atoms with Crippen LogP contribution >= 0.6 is 24.0 Å². The summed E-state index contributed by atoms with van der Waals surface area (Å²) in [7, 11) is 3.87. The minimum absolute atomic E-state index is 0. The molecule has 0 unspecified atom stereocenters. The molecule has 27 heavy (non-hydrogen) atoms. The molecule has 1 saturated heterocycles. The fourth-order valence-corrected chi connectivity index (χ4v) is 3.00. The maximum absolute atomic E-state index is 5.11. The van der Waals surface area contributed by atoms with Gasteiger partial charge in [0.1, 0.15) is 5.82 Å². The summed E-state index contributed by atoms with van der Waals surface area (Å²) < 4.78 is 5.11. The topological polar surface area (TPSA) is 56.2 Å². The Morgan fingerprint density at radius 2 is 2.04 bits per heavy atom. The molecule has 2 heterocycles. The van der Waals surface area contributed by atoms with Crippen LogP contribution in [0.4, 0.5) is 5.82 Å². The summed E-state index contributed by atoms with van der Waals surface area (Å²) in [5.74, 6) is 2.10. The molecule has 0 radical (unpaired) electrons. The standard InChI is InChI=1S/C19H34N6O.HI/c1-4-20-19(22-10-7-11-23(2)16-17-26-3)25-14-12-24(13-15-25)18-8-5-6-9-21-18;/h5-6,8-9H,4,7,10-17H2,1-3H3,(H,20,22);1H. The molecule has 1 aliphatic heterocycles. The Hall–Kier alpha value is -1.13. The van der Waals surface area contributed by atoms with Crippen LogP contribution in [0.1, 0.15) is 13.3 Å². The Bertz CT molecular complexity index is 522. The molecular formula is C19H35IN6O. The Labute approximate surface area is 181 Å². The number of anilines is 1. The van der Waals surface area contributed by atoms with Gasteiger partial charge < -0.3 is 24.8 Å². The molecule has 7 nitrogen and oxygen atoms in total. The van der Waals surface area contributed by atoms with Crippen molar-refractivity contribution in [1.82, 2.24) is 20.1 Å². The molecule has 1 fully saturated rings. The number of ether oxygens (including phenoxy) is 1. The third kappa shape index (κ3) is 8.61. The van der Waals surface area contributed by atoms with E-state index in [4.69, 9.17) is 9.73 Å². The molecule has 0 aromatic carbocycles. The molecule has 1 N–H and O–H groups in total. The van der Waals surface area contributed by atoms with Gasteiger partial charge in [-0.05, 0) is 39.1 Å². The zero-order chi connectivity index (χ0) is 18.6. The predicted octanol–water partition coefficient (Wildman–Crippen LogP) is 1.76. The van der Waals surface area contributed by atoms with E-state index in [2.05, 4.69) is 45.0 Å². The monoisotopic (exact) mass is 490 g/mol. The lowest BCUT2D eigenvalue weighted by Crippen LogP contribution is -2.52. The molecule has 1 aliphatic rings. The number of methoxy groups -OCH3 is 1. The number of nitrogens with zero attached hydrogens (tertiary/aromatic N) is 5. The largest absolute Gasteiger partial charge is 0.383 e. The number of aliphatic imine (C=N–C) groups is 1. The molecule has 0 bridgehead atoms. The third-order valence-electron chi connectivity index (χ3n) is 4.52. The number of hydrogen-bond acceptors (Lipinski definition) is 5. The van der Waals surface area contributed by atoms with Crippen molar-refractivity contribution in [3.63, 3.8) is 0 Å². The van der Waals surface area contributed by atoms with E-state index in [0.717, 1.165) is 77.2 Å². The fourth-order valence-electron chi connectivity index (χ4n) is 3.00. The third-order valence-corrected chi connectivity index (χ3v) is 4.52. The molecule has 8 heteroatoms. The summed E-state index contributed by atoms with van der Waals surface area (Å²) >= 11 is 0. The molecule has 154 valence electrons. The first-order chi connectivity index (χ1) is 12.7. The highest BCUT2D eigenvalue weighted by Crippen LogP contribution is 2.12. The Balaban J connectivity index is 0.00000364. The van der Waals surface area contributed by atoms with Gasteiger partial charge in [-0.25, -0.2) is 4.98 Å². The number of halogens is 1. The molecule has 1 aromatic heterocycles. The van der Waals surface area contributed by atoms with E-state index in [1.807, 2.05) is 18.3 Å². The highest BCUT2D eigenvalue weighted by atomic mass is 127. The van der Waals surface area contributed by atoms with Crippen molar-refractivity contribution < 1.29 is 4.74 Å². The number of guanidine groups is 1. The Morgan fingerprint density at radius 1 is 1.26 bits per heavy atom. The maximum Gasteiger partial charge on any atom is 0.194 e. The number of pyridine rings is 1. The minimum atomic E-state index is 0. The normalized spacial score (nSPS) is 15.0. The second-order valence-corrected chi connectivity index (χ2v) is 6.55. The number of piperazine rings is 1. The Morgan fingerprint density at radius 3 is 2.67 bits per heavy atom. The van der Waals surface area contributed by atoms with Crippen LogP contribution in [-0.2, 0) is 4.74 Å². The van der Waals surface area contributed by atoms with Gasteiger partial charge >= 0.3 is 0 Å². The van der Waals surface area contributed by atoms with Crippen molar-refractivity contribution in [1.29, 1.82) is 0 Å². The lowest BCUT2D eigenvalue weighted by atomic mass is 10.3. The van der Waals surface area contributed by atoms with Gasteiger partial charge in [-0.3, -0.25) is 4.99 Å². The molecule has 1 aromatic rings. The molecule has 0 atom stereocenters. The van der Waals surface area contributed by atoms with Crippen LogP contribution in [0.3, 0.4) is 0 Å². The first-order valence-electron chi connectivity index (χ1n) is 9.61. The van der Waals surface area contributed by atoms with Gasteiger partial charge in [0.05, 0.1) is 6.61 Å². The number of hydrogen-bond donors (Lipinski definition) is 1. The molecule has 0 spiro atoms. The first kappa shape index (κ1) is 23.9. The SMILES string of the molecule is CCNC(=NCCCN(C)CCOC)N1CCN(c2ccccn2)CC1.I. The van der Waals surface area contributed by atoms with Crippen LogP contribution in [0.2, 0.25) is 0 Å². The number of rotatable bonds is 9. The van der Waals surface area contributed by atoms with Crippen LogP contribution in [0.25, 0.3) is 0 Å². The van der Waals surface area contributed by atoms with E-state index in [1.165, 1.54) is 0 Å². The van der Waals surface area contributed by atoms with Gasteiger partial charge in [0, 0.05) is 59.1 Å². The van der Waals surface area contributed by atoms with Crippen LogP contribution in [0.15, 0.2) is 29.4 Å². The smallest absolute Gasteiger partial charge is 0.194 e. The van der Waals surface area contributed by atoms with Gasteiger partial charge in [0.2, 0.25) is 0 Å². The van der Waals surface area contributed by atoms with E-state index in [0.29, 0.717) is 0 Å². The van der Waals surface area contributed by atoms with Crippen LogP contribution < -0.4 is 10.2 Å². The van der Waals surface area contributed by atoms with Gasteiger partial charge in [0.15, 0.2) is 5.96 Å². The average Bonchev–Trinajstić information content (AvgIpc) is 2.69. The van der Waals surface area contributed by atoms with E-state index < -0.39 is 0 Å². The van der Waals surface area contributed by atoms with Crippen molar-refractivity contribution in [2.24, 2.45) is 4.99 Å². The van der Waals surface area contributed by atoms with E-state index in [9.17, 15) is 0 Å². The maximum atomic E-state index is 5.11. The summed E-state index contributed by atoms with van der Waals surface area (Å²) in [6, 6.07) is 6.08. The molecule has 2 rings (SSSR count). The average molecular weight is 490 g/mol. The van der Waals surface area contributed by atoms with Crippen LogP contribution in [0.5, 0.6) is 0 Å². The number of aromatic nitrogens is 1. The summed E-state index contributed by atoms with van der Waals surface area (Å²) in [6.45, 7) is 10.5. The summed E-state index contributed by atoms with van der Waals surface area (Å²) in [5, 5.41) is 3.44. The second-order valence-electron chi connectivity index (χ2n) is 6.55. The summed E-state index contributed by atoms with van der Waals surface area (Å²) in [4.78, 5) is 16.3. The van der Waals surface area contributed by atoms with Crippen LogP contribution in [-0.4, -0.2) is 93.9 Å². The Kier molecular flexibility index (Phi) is 12.4. The van der Waals surface area contributed by atoms with Gasteiger partial charge in [-0.15, -0.1) is 24.0 Å². The summed E-state index contributed by atoms with van der Waals surface area (Å²) in [5.41, 5.74) is 0. The number of nitrogens with one attached hydrogen (secondary N) is 1. The zero-order valence-electron chi connectivity index (χ0n) is 16.9. The van der Waals surface area contributed by atoms with Gasteiger partial charge in [0.25, 0.3) is 0 Å². The minimum Gasteiger partial charge on any atom is -0.383 e. The van der Waals surface area contributed by atoms with E-state index >= 15 is 0 Å². The zero-order valence-corrected chi connectivity index (χ0v) is 19.3. The lowest BCUT2D eigenvalue weighted by Gasteiger charge is -2.37. The fraction of sp³-hybridized carbons (Fsp3) is 0.684. The highest BCUT2D eigenvalue weighted by molar-refractivity contribution is 14.0. The van der Waals surface area contributed by atoms with Crippen molar-refractivity contribution >= 4 is 35.8 Å². The highest BCUT2D eigenvalue weighted by Gasteiger charge is 2.20. The van der Waals surface area contributed by atoms with Crippen molar-refractivity contribution in [3.05, 3.63) is 24.4 Å². The van der Waals surface area contributed by atoms with E-state index in [-0.39, 0.29) is 24.0 Å². The number of likely N-dealkylation sites (N-methyl/N-ethyl adjacent to an activating group) is 1. The molecule has 0 amide bonds. The van der Waals surface area contributed by atoms with Crippen molar-refractivity contribution in [2.75, 3.05) is 78.0 Å². The van der Waals surface area contributed by atoms with Crippen molar-refractivity contribution in [2.45, 2.75) is 13.3 Å². The van der Waals surface area contributed by atoms with Crippen LogP contribution in [0, 0.1) is 0 Å². The lowest BCUT2D eigenvalue weighted by molar-refractivity contribution is 0.161. The summed E-state index contributed by atoms with van der Waals surface area (Å²) in [6.07, 6.45) is 2.92. The first-order valence-corrected chi connectivity index (χ1v) is 9.61. The van der Waals surface area contributed by atoms with Gasteiger partial charge in [-0.2, -0.15) is 0 Å². The van der Waals surface area contributed by atoms with E-state index in [1.54, 1.807) is 7.11 Å². The second kappa shape index (κ2) is 14.0. The predicted molar refractivity (Wildman–Crippen MR) is 123 cm³/mol. The molecule has 0 aliphatic carbocycles. The molecular weight excluding hydrogens is 455 g/mol. The van der Waals surface area contributed by atoms with Crippen molar-refractivity contribution in [3.8, 4) is 0 Å².